The monoisotopic (exact) mass is 523 g/mol. The van der Waals surface area contributed by atoms with E-state index in [9.17, 15) is 15.0 Å². The van der Waals surface area contributed by atoms with Gasteiger partial charge in [0, 0.05) is 6.42 Å². The van der Waals surface area contributed by atoms with Gasteiger partial charge in [-0.25, -0.2) is 0 Å². The van der Waals surface area contributed by atoms with Gasteiger partial charge in [-0.05, 0) is 38.5 Å². The first kappa shape index (κ1) is 36.1. The third-order valence-corrected chi connectivity index (χ3v) is 7.53. The van der Waals surface area contributed by atoms with Crippen LogP contribution in [0.1, 0.15) is 174 Å². The number of carbonyl (C=O) groups is 1. The molecule has 0 saturated heterocycles. The van der Waals surface area contributed by atoms with Crippen LogP contribution < -0.4 is 5.32 Å². The Kier molecular flexibility index (Phi) is 29.0. The highest BCUT2D eigenvalue weighted by molar-refractivity contribution is 5.76. The van der Waals surface area contributed by atoms with E-state index in [-0.39, 0.29) is 12.5 Å². The number of amides is 1. The van der Waals surface area contributed by atoms with Crippen molar-refractivity contribution in [3.05, 3.63) is 12.2 Å². The van der Waals surface area contributed by atoms with Crippen molar-refractivity contribution >= 4 is 5.91 Å². The smallest absolute Gasteiger partial charge is 0.220 e. The lowest BCUT2D eigenvalue weighted by molar-refractivity contribution is -0.123. The Morgan fingerprint density at radius 2 is 1.03 bits per heavy atom. The summed E-state index contributed by atoms with van der Waals surface area (Å²) in [6.07, 6.45) is 33.9. The standard InChI is InChI=1S/C33H65NO3/c1-3-5-7-9-11-13-15-17-18-20-22-24-26-28-32(36)31(30-35)34-33(37)29-27-25-23-21-19-16-14-12-10-8-6-4-2/h17-18,31-32,35-36H,3-16,19-30H2,1-2H3,(H,34,37)/b18-17-. The molecule has 4 heteroatoms. The van der Waals surface area contributed by atoms with Crippen molar-refractivity contribution in [3.8, 4) is 0 Å². The highest BCUT2D eigenvalue weighted by Gasteiger charge is 2.19. The normalized spacial score (nSPS) is 13.3. The van der Waals surface area contributed by atoms with E-state index in [1.165, 1.54) is 109 Å². The molecule has 0 spiro atoms. The van der Waals surface area contributed by atoms with E-state index < -0.39 is 12.1 Å². The summed E-state index contributed by atoms with van der Waals surface area (Å²) in [4.78, 5) is 12.2. The molecule has 0 rings (SSSR count). The minimum atomic E-state index is -0.667. The SMILES string of the molecule is CCCCCCCC/C=C\CCCCCC(O)C(CO)NC(=O)CCCCCCCCCCCCCC. The zero-order valence-electron chi connectivity index (χ0n) is 25.0. The van der Waals surface area contributed by atoms with Gasteiger partial charge in [0.15, 0.2) is 0 Å². The van der Waals surface area contributed by atoms with E-state index in [4.69, 9.17) is 0 Å². The number of carbonyl (C=O) groups excluding carboxylic acids is 1. The number of allylic oxidation sites excluding steroid dienone is 2. The van der Waals surface area contributed by atoms with Gasteiger partial charge in [-0.2, -0.15) is 0 Å². The first-order valence-corrected chi connectivity index (χ1v) is 16.4. The lowest BCUT2D eigenvalue weighted by atomic mass is 10.0. The van der Waals surface area contributed by atoms with E-state index >= 15 is 0 Å². The first-order valence-electron chi connectivity index (χ1n) is 16.4. The molecule has 0 aliphatic rings. The van der Waals surface area contributed by atoms with Crippen molar-refractivity contribution in [3.63, 3.8) is 0 Å². The Morgan fingerprint density at radius 3 is 1.49 bits per heavy atom. The van der Waals surface area contributed by atoms with Gasteiger partial charge in [-0.3, -0.25) is 4.79 Å². The molecule has 2 atom stereocenters. The Hall–Kier alpha value is -0.870. The van der Waals surface area contributed by atoms with E-state index in [0.29, 0.717) is 12.8 Å². The Labute approximate surface area is 231 Å². The number of nitrogens with one attached hydrogen (secondary N) is 1. The van der Waals surface area contributed by atoms with E-state index in [0.717, 1.165) is 38.5 Å². The Morgan fingerprint density at radius 1 is 0.622 bits per heavy atom. The van der Waals surface area contributed by atoms with Crippen LogP contribution in [0.25, 0.3) is 0 Å². The maximum Gasteiger partial charge on any atom is 0.220 e. The highest BCUT2D eigenvalue weighted by Crippen LogP contribution is 2.13. The minimum absolute atomic E-state index is 0.0410. The molecule has 0 aliphatic carbocycles. The molecule has 0 radical (unpaired) electrons. The number of aliphatic hydroxyl groups excluding tert-OH is 2. The molecule has 0 bridgehead atoms. The molecule has 3 N–H and O–H groups in total. The Bertz CT molecular complexity index is 494. The lowest BCUT2D eigenvalue weighted by Crippen LogP contribution is -2.45. The summed E-state index contributed by atoms with van der Waals surface area (Å²) in [5.41, 5.74) is 0. The number of aliphatic hydroxyl groups is 2. The third kappa shape index (κ3) is 26.5. The summed E-state index contributed by atoms with van der Waals surface area (Å²) in [5, 5.41) is 22.9. The molecule has 1 amide bonds. The average molecular weight is 524 g/mol. The minimum Gasteiger partial charge on any atom is -0.394 e. The molecule has 37 heavy (non-hydrogen) atoms. The summed E-state index contributed by atoms with van der Waals surface area (Å²) in [7, 11) is 0. The summed E-state index contributed by atoms with van der Waals surface area (Å²) in [6.45, 7) is 4.32. The summed E-state index contributed by atoms with van der Waals surface area (Å²) in [6, 6.07) is -0.540. The van der Waals surface area contributed by atoms with Gasteiger partial charge in [0.25, 0.3) is 0 Å². The van der Waals surface area contributed by atoms with Crippen LogP contribution in [0.2, 0.25) is 0 Å². The molecule has 2 unspecified atom stereocenters. The van der Waals surface area contributed by atoms with Crippen LogP contribution in [0.5, 0.6) is 0 Å². The molecule has 0 aliphatic heterocycles. The number of unbranched alkanes of at least 4 members (excludes halogenated alkanes) is 20. The van der Waals surface area contributed by atoms with E-state index in [2.05, 4.69) is 31.3 Å². The number of rotatable bonds is 29. The van der Waals surface area contributed by atoms with Gasteiger partial charge in [0.2, 0.25) is 5.91 Å². The van der Waals surface area contributed by atoms with Gasteiger partial charge in [0.05, 0.1) is 18.8 Å². The average Bonchev–Trinajstić information content (AvgIpc) is 2.90. The molecule has 0 fully saturated rings. The largest absolute Gasteiger partial charge is 0.394 e. The van der Waals surface area contributed by atoms with Gasteiger partial charge in [-0.1, -0.05) is 142 Å². The predicted octanol–water partition coefficient (Wildman–Crippen LogP) is 9.17. The summed E-state index contributed by atoms with van der Waals surface area (Å²) in [5.74, 6) is -0.0410. The van der Waals surface area contributed by atoms with E-state index in [1.54, 1.807) is 0 Å². The number of hydrogen-bond acceptors (Lipinski definition) is 3. The second-order valence-corrected chi connectivity index (χ2v) is 11.2. The van der Waals surface area contributed by atoms with Crippen molar-refractivity contribution in [2.75, 3.05) is 6.61 Å². The fourth-order valence-electron chi connectivity index (χ4n) is 4.94. The van der Waals surface area contributed by atoms with Crippen LogP contribution in [0, 0.1) is 0 Å². The van der Waals surface area contributed by atoms with Crippen LogP contribution in [-0.2, 0) is 4.79 Å². The maximum absolute atomic E-state index is 12.2. The fourth-order valence-corrected chi connectivity index (χ4v) is 4.94. The van der Waals surface area contributed by atoms with Crippen molar-refractivity contribution in [1.29, 1.82) is 0 Å². The van der Waals surface area contributed by atoms with Gasteiger partial charge in [-0.15, -0.1) is 0 Å². The van der Waals surface area contributed by atoms with Crippen molar-refractivity contribution in [2.24, 2.45) is 0 Å². The van der Waals surface area contributed by atoms with E-state index in [1.807, 2.05) is 0 Å². The quantitative estimate of drug-likeness (QED) is 0.0676. The second kappa shape index (κ2) is 29.7. The van der Waals surface area contributed by atoms with Crippen molar-refractivity contribution < 1.29 is 15.0 Å². The molecule has 4 nitrogen and oxygen atoms in total. The van der Waals surface area contributed by atoms with Crippen LogP contribution in [0.3, 0.4) is 0 Å². The van der Waals surface area contributed by atoms with Gasteiger partial charge < -0.3 is 15.5 Å². The van der Waals surface area contributed by atoms with Crippen molar-refractivity contribution in [2.45, 2.75) is 187 Å². The summed E-state index contributed by atoms with van der Waals surface area (Å²) >= 11 is 0. The molecule has 0 aromatic rings. The lowest BCUT2D eigenvalue weighted by Gasteiger charge is -2.22. The topological polar surface area (TPSA) is 69.6 Å². The molecule has 0 saturated carbocycles. The molecule has 0 heterocycles. The molecule has 0 aromatic carbocycles. The molecule has 220 valence electrons. The van der Waals surface area contributed by atoms with Crippen LogP contribution in [0.4, 0.5) is 0 Å². The van der Waals surface area contributed by atoms with Crippen LogP contribution in [-0.4, -0.2) is 34.9 Å². The summed E-state index contributed by atoms with van der Waals surface area (Å²) < 4.78 is 0. The molecule has 0 aromatic heterocycles. The zero-order valence-corrected chi connectivity index (χ0v) is 25.0. The third-order valence-electron chi connectivity index (χ3n) is 7.53. The first-order chi connectivity index (χ1) is 18.2. The zero-order chi connectivity index (χ0) is 27.2. The maximum atomic E-state index is 12.2. The van der Waals surface area contributed by atoms with Gasteiger partial charge in [0.1, 0.15) is 0 Å². The van der Waals surface area contributed by atoms with Crippen LogP contribution >= 0.6 is 0 Å². The van der Waals surface area contributed by atoms with Crippen molar-refractivity contribution in [1.82, 2.24) is 5.32 Å². The Balaban J connectivity index is 3.62. The number of hydrogen-bond donors (Lipinski definition) is 3. The van der Waals surface area contributed by atoms with Crippen LogP contribution in [0.15, 0.2) is 12.2 Å². The predicted molar refractivity (Wildman–Crippen MR) is 161 cm³/mol. The van der Waals surface area contributed by atoms with Gasteiger partial charge >= 0.3 is 0 Å². The molecular formula is C33H65NO3. The second-order valence-electron chi connectivity index (χ2n) is 11.2. The highest BCUT2D eigenvalue weighted by atomic mass is 16.3. The molecular weight excluding hydrogens is 458 g/mol. The fraction of sp³-hybridized carbons (Fsp3) is 0.909.